The molecule has 198 valence electrons. The number of amides is 1. The zero-order valence-corrected chi connectivity index (χ0v) is 23.3. The Morgan fingerprint density at radius 3 is 2.42 bits per heavy atom. The lowest BCUT2D eigenvalue weighted by Gasteiger charge is -2.37. The fourth-order valence-electron chi connectivity index (χ4n) is 4.86. The minimum atomic E-state index is -0.314. The Morgan fingerprint density at radius 1 is 1.11 bits per heavy atom. The predicted molar refractivity (Wildman–Crippen MR) is 150 cm³/mol. The first-order valence-electron chi connectivity index (χ1n) is 13.2. The number of ether oxygens (including phenoxy) is 1. The van der Waals surface area contributed by atoms with Gasteiger partial charge < -0.3 is 20.7 Å². The Kier molecular flexibility index (Phi) is 8.93. The highest BCUT2D eigenvalue weighted by molar-refractivity contribution is 5.70. The van der Waals surface area contributed by atoms with Gasteiger partial charge in [-0.15, -0.1) is 0 Å². The summed E-state index contributed by atoms with van der Waals surface area (Å²) in [5.74, 6) is 0. The van der Waals surface area contributed by atoms with Gasteiger partial charge in [0.1, 0.15) is 6.61 Å². The van der Waals surface area contributed by atoms with E-state index in [1.54, 1.807) is 0 Å². The highest BCUT2D eigenvalue weighted by Gasteiger charge is 2.33. The van der Waals surface area contributed by atoms with Crippen LogP contribution in [0.1, 0.15) is 72.4 Å². The van der Waals surface area contributed by atoms with E-state index in [1.165, 1.54) is 12.8 Å². The smallest absolute Gasteiger partial charge is 0.410 e. The van der Waals surface area contributed by atoms with Gasteiger partial charge in [0, 0.05) is 30.7 Å². The largest absolute Gasteiger partial charge is 0.445 e. The van der Waals surface area contributed by atoms with Crippen LogP contribution in [-0.4, -0.2) is 46.6 Å². The highest BCUT2D eigenvalue weighted by atomic mass is 16.6. The van der Waals surface area contributed by atoms with Gasteiger partial charge in [-0.25, -0.2) is 4.79 Å². The summed E-state index contributed by atoms with van der Waals surface area (Å²) in [4.78, 5) is 17.6. The summed E-state index contributed by atoms with van der Waals surface area (Å²) >= 11 is 0. The quantitative estimate of drug-likeness (QED) is 0.409. The first-order chi connectivity index (χ1) is 16.9. The van der Waals surface area contributed by atoms with Crippen molar-refractivity contribution in [2.75, 3.05) is 24.1 Å². The summed E-state index contributed by atoms with van der Waals surface area (Å²) in [6.07, 6.45) is 2.12. The highest BCUT2D eigenvalue weighted by Crippen LogP contribution is 2.30. The zero-order chi connectivity index (χ0) is 26.5. The molecule has 1 unspecified atom stereocenters. The maximum absolute atomic E-state index is 13.2. The minimum Gasteiger partial charge on any atom is -0.445 e. The van der Waals surface area contributed by atoms with Crippen molar-refractivity contribution in [3.8, 4) is 0 Å². The third-order valence-corrected chi connectivity index (χ3v) is 7.40. The molecule has 0 bridgehead atoms. The maximum atomic E-state index is 13.2. The lowest BCUT2D eigenvalue weighted by Crippen LogP contribution is -2.47. The lowest BCUT2D eigenvalue weighted by atomic mass is 9.87. The van der Waals surface area contributed by atoms with Gasteiger partial charge >= 0.3 is 6.09 Å². The second-order valence-corrected chi connectivity index (χ2v) is 12.2. The van der Waals surface area contributed by atoms with Crippen molar-refractivity contribution in [2.24, 2.45) is 5.41 Å². The Morgan fingerprint density at radius 2 is 1.81 bits per heavy atom. The topological polar surface area (TPSA) is 70.8 Å². The minimum absolute atomic E-state index is 0.0226. The molecule has 1 aliphatic rings. The van der Waals surface area contributed by atoms with E-state index >= 15 is 0 Å². The van der Waals surface area contributed by atoms with Crippen molar-refractivity contribution < 1.29 is 9.53 Å². The van der Waals surface area contributed by atoms with Crippen LogP contribution < -0.4 is 11.1 Å². The van der Waals surface area contributed by atoms with Crippen LogP contribution >= 0.6 is 0 Å². The number of hydrogen-bond acceptors (Lipinski definition) is 5. The van der Waals surface area contributed by atoms with Gasteiger partial charge in [-0.3, -0.25) is 4.90 Å². The molecule has 1 saturated heterocycles. The molecule has 0 radical (unpaired) electrons. The first-order valence-corrected chi connectivity index (χ1v) is 13.2. The van der Waals surface area contributed by atoms with E-state index in [2.05, 4.69) is 64.7 Å². The van der Waals surface area contributed by atoms with E-state index < -0.39 is 0 Å². The number of benzene rings is 2. The van der Waals surface area contributed by atoms with E-state index in [4.69, 9.17) is 10.5 Å². The zero-order valence-electron chi connectivity index (χ0n) is 23.3. The standard InChI is InChI=1S/C30H46N4O2/c1-22(29(2,3)4)33(28(35)36-21-23-12-9-8-10-13-23)20-24-15-16-27(26(31)18-24)32-19-25-14-11-17-34(25)30(5,6)7/h8-10,12-13,15-16,18,22,25,32H,11,14,17,19-21,31H2,1-7H3/t22-,25?/m0/s1. The van der Waals surface area contributed by atoms with Crippen LogP contribution in [0.25, 0.3) is 0 Å². The Bertz CT molecular complexity index is 994. The van der Waals surface area contributed by atoms with Gasteiger partial charge in [-0.05, 0) is 75.8 Å². The molecule has 2 atom stereocenters. The number of nitrogen functional groups attached to an aromatic ring is 1. The van der Waals surface area contributed by atoms with Gasteiger partial charge in [0.25, 0.3) is 0 Å². The molecule has 2 aromatic carbocycles. The summed E-state index contributed by atoms with van der Waals surface area (Å²) in [6, 6.07) is 16.3. The van der Waals surface area contributed by atoms with Crippen molar-refractivity contribution in [1.82, 2.24) is 9.80 Å². The second-order valence-electron chi connectivity index (χ2n) is 12.2. The van der Waals surface area contributed by atoms with Crippen LogP contribution in [0.4, 0.5) is 16.2 Å². The molecular weight excluding hydrogens is 448 g/mol. The summed E-state index contributed by atoms with van der Waals surface area (Å²) in [6.45, 7) is 18.1. The third-order valence-electron chi connectivity index (χ3n) is 7.40. The monoisotopic (exact) mass is 494 g/mol. The van der Waals surface area contributed by atoms with Crippen molar-refractivity contribution in [1.29, 1.82) is 0 Å². The molecule has 36 heavy (non-hydrogen) atoms. The predicted octanol–water partition coefficient (Wildman–Crippen LogP) is 6.52. The number of carbonyl (C=O) groups excluding carboxylic acids is 1. The molecule has 6 heteroatoms. The van der Waals surface area contributed by atoms with Gasteiger partial charge in [0.15, 0.2) is 0 Å². The molecule has 0 aliphatic carbocycles. The summed E-state index contributed by atoms with van der Waals surface area (Å²) in [5, 5.41) is 3.57. The average Bonchev–Trinajstić information content (AvgIpc) is 3.29. The molecule has 0 spiro atoms. The molecule has 3 N–H and O–H groups in total. The molecule has 1 fully saturated rings. The Labute approximate surface area is 218 Å². The van der Waals surface area contributed by atoms with Gasteiger partial charge in [0.2, 0.25) is 0 Å². The number of nitrogens with two attached hydrogens (primary N) is 1. The lowest BCUT2D eigenvalue weighted by molar-refractivity contribution is 0.0540. The number of likely N-dealkylation sites (tertiary alicyclic amines) is 1. The summed E-state index contributed by atoms with van der Waals surface area (Å²) in [7, 11) is 0. The molecule has 1 heterocycles. The van der Waals surface area contributed by atoms with Crippen LogP contribution in [-0.2, 0) is 17.9 Å². The van der Waals surface area contributed by atoms with Crippen molar-refractivity contribution in [3.63, 3.8) is 0 Å². The number of nitrogens with zero attached hydrogens (tertiary/aromatic N) is 2. The van der Waals surface area contributed by atoms with Crippen LogP contribution in [0.2, 0.25) is 0 Å². The van der Waals surface area contributed by atoms with Crippen molar-refractivity contribution >= 4 is 17.5 Å². The fourth-order valence-corrected chi connectivity index (χ4v) is 4.86. The molecule has 0 aromatic heterocycles. The number of nitrogens with one attached hydrogen (secondary N) is 1. The van der Waals surface area contributed by atoms with E-state index in [0.29, 0.717) is 18.3 Å². The van der Waals surface area contributed by atoms with Crippen LogP contribution in [0, 0.1) is 5.41 Å². The maximum Gasteiger partial charge on any atom is 0.410 e. The van der Waals surface area contributed by atoms with Gasteiger partial charge in [0.05, 0.1) is 11.4 Å². The number of carbonyl (C=O) groups is 1. The van der Waals surface area contributed by atoms with Crippen molar-refractivity contribution in [3.05, 3.63) is 59.7 Å². The Balaban J connectivity index is 1.68. The normalized spacial score (nSPS) is 17.6. The molecule has 1 amide bonds. The summed E-state index contributed by atoms with van der Waals surface area (Å²) in [5.41, 5.74) is 10.1. The van der Waals surface area contributed by atoms with E-state index in [9.17, 15) is 4.79 Å². The molecule has 0 saturated carbocycles. The van der Waals surface area contributed by atoms with Crippen LogP contribution in [0.5, 0.6) is 0 Å². The van der Waals surface area contributed by atoms with Gasteiger partial charge in [-0.1, -0.05) is 57.2 Å². The van der Waals surface area contributed by atoms with Crippen molar-refractivity contribution in [2.45, 2.75) is 92.1 Å². The second kappa shape index (κ2) is 11.5. The average molecular weight is 495 g/mol. The molecular formula is C30H46N4O2. The first kappa shape index (κ1) is 27.9. The molecule has 3 rings (SSSR count). The van der Waals surface area contributed by atoms with Crippen LogP contribution in [0.3, 0.4) is 0 Å². The summed E-state index contributed by atoms with van der Waals surface area (Å²) < 4.78 is 5.70. The van der Waals surface area contributed by atoms with E-state index in [0.717, 1.165) is 29.9 Å². The number of hydrogen-bond donors (Lipinski definition) is 2. The Hall–Kier alpha value is -2.73. The van der Waals surface area contributed by atoms with Crippen LogP contribution in [0.15, 0.2) is 48.5 Å². The molecule has 1 aliphatic heterocycles. The fraction of sp³-hybridized carbons (Fsp3) is 0.567. The SMILES string of the molecule is C[C@H](N(Cc1ccc(NCC2CCCN2C(C)(C)C)c(N)c1)C(=O)OCc1ccccc1)C(C)(C)C. The van der Waals surface area contributed by atoms with E-state index in [-0.39, 0.29) is 29.7 Å². The van der Waals surface area contributed by atoms with E-state index in [1.807, 2.05) is 47.4 Å². The van der Waals surface area contributed by atoms with Gasteiger partial charge in [-0.2, -0.15) is 0 Å². The molecule has 2 aromatic rings. The molecule has 6 nitrogen and oxygen atoms in total. The number of rotatable bonds is 8. The third kappa shape index (κ3) is 7.39. The number of anilines is 2.